The molecule has 0 aromatic rings. The maximum atomic E-state index is 10.3. The first-order valence-electron chi connectivity index (χ1n) is 5.17. The van der Waals surface area contributed by atoms with Crippen LogP contribution in [0.5, 0.6) is 0 Å². The lowest BCUT2D eigenvalue weighted by atomic mass is 10.6. The zero-order chi connectivity index (χ0) is 11.4. The molecule has 0 spiro atoms. The summed E-state index contributed by atoms with van der Waals surface area (Å²) in [5, 5.41) is 5.57. The van der Waals surface area contributed by atoms with Crippen molar-refractivity contribution in [3.05, 3.63) is 0 Å². The summed E-state index contributed by atoms with van der Waals surface area (Å²) in [5.41, 5.74) is 4.86. The summed E-state index contributed by atoms with van der Waals surface area (Å²) in [4.78, 5) is 10.3. The van der Waals surface area contributed by atoms with Crippen molar-refractivity contribution in [1.82, 2.24) is 10.6 Å². The molecule has 15 heavy (non-hydrogen) atoms. The highest BCUT2D eigenvalue weighted by molar-refractivity contribution is 5.71. The summed E-state index contributed by atoms with van der Waals surface area (Å²) in [7, 11) is 0. The lowest BCUT2D eigenvalue weighted by molar-refractivity contribution is 0.0506. The van der Waals surface area contributed by atoms with Crippen LogP contribution in [0.4, 0.5) is 4.79 Å². The van der Waals surface area contributed by atoms with Crippen LogP contribution in [0.3, 0.4) is 0 Å². The Morgan fingerprint density at radius 1 is 1.13 bits per heavy atom. The lowest BCUT2D eigenvalue weighted by Gasteiger charge is -2.06. The Balaban J connectivity index is 2.89. The molecule has 0 atom stereocenters. The van der Waals surface area contributed by atoms with E-state index in [1.54, 1.807) is 0 Å². The van der Waals surface area contributed by atoms with Gasteiger partial charge in [0, 0.05) is 13.1 Å². The topological polar surface area (TPSA) is 85.6 Å². The molecule has 0 aromatic carbocycles. The number of nitrogens with two attached hydrogens (primary N) is 1. The molecule has 6 heteroatoms. The first kappa shape index (κ1) is 14.2. The highest BCUT2D eigenvalue weighted by atomic mass is 16.5. The molecule has 0 bridgehead atoms. The molecule has 0 aliphatic heterocycles. The summed E-state index contributed by atoms with van der Waals surface area (Å²) in [6.45, 7) is 6.56. The number of rotatable bonds is 10. The SMILES string of the molecule is CCNCCOCCOCCNC(N)=O. The molecule has 4 N–H and O–H groups in total. The van der Waals surface area contributed by atoms with Crippen LogP contribution < -0.4 is 16.4 Å². The van der Waals surface area contributed by atoms with Crippen LogP contribution in [-0.2, 0) is 9.47 Å². The van der Waals surface area contributed by atoms with Crippen LogP contribution in [-0.4, -0.2) is 52.1 Å². The van der Waals surface area contributed by atoms with E-state index in [9.17, 15) is 4.79 Å². The lowest BCUT2D eigenvalue weighted by Crippen LogP contribution is -2.32. The van der Waals surface area contributed by atoms with Crippen LogP contribution in [0, 0.1) is 0 Å². The third kappa shape index (κ3) is 13.2. The van der Waals surface area contributed by atoms with E-state index in [2.05, 4.69) is 17.6 Å². The van der Waals surface area contributed by atoms with Crippen molar-refractivity contribution in [2.75, 3.05) is 46.1 Å². The molecule has 0 rings (SSSR count). The van der Waals surface area contributed by atoms with E-state index >= 15 is 0 Å². The van der Waals surface area contributed by atoms with E-state index < -0.39 is 6.03 Å². The molecule has 0 fully saturated rings. The summed E-state index contributed by atoms with van der Waals surface area (Å²) < 4.78 is 10.4. The van der Waals surface area contributed by atoms with Crippen molar-refractivity contribution in [2.24, 2.45) is 5.73 Å². The molecule has 0 aliphatic carbocycles. The smallest absolute Gasteiger partial charge is 0.312 e. The van der Waals surface area contributed by atoms with Gasteiger partial charge in [-0.3, -0.25) is 0 Å². The van der Waals surface area contributed by atoms with Gasteiger partial charge in [0.05, 0.1) is 26.4 Å². The van der Waals surface area contributed by atoms with Gasteiger partial charge in [0.1, 0.15) is 0 Å². The van der Waals surface area contributed by atoms with E-state index in [0.29, 0.717) is 33.0 Å². The molecule has 0 heterocycles. The predicted molar refractivity (Wildman–Crippen MR) is 57.8 cm³/mol. The normalized spacial score (nSPS) is 10.2. The Hall–Kier alpha value is -0.850. The second-order valence-electron chi connectivity index (χ2n) is 2.87. The average molecular weight is 219 g/mol. The van der Waals surface area contributed by atoms with Gasteiger partial charge in [0.15, 0.2) is 0 Å². The van der Waals surface area contributed by atoms with Crippen molar-refractivity contribution in [2.45, 2.75) is 6.92 Å². The zero-order valence-corrected chi connectivity index (χ0v) is 9.25. The number of ether oxygens (including phenoxy) is 2. The van der Waals surface area contributed by atoms with Crippen molar-refractivity contribution < 1.29 is 14.3 Å². The maximum absolute atomic E-state index is 10.3. The predicted octanol–water partition coefficient (Wildman–Crippen LogP) is -0.703. The van der Waals surface area contributed by atoms with Crippen LogP contribution >= 0.6 is 0 Å². The molecule has 0 radical (unpaired) electrons. The van der Waals surface area contributed by atoms with Gasteiger partial charge < -0.3 is 25.8 Å². The van der Waals surface area contributed by atoms with Gasteiger partial charge in [-0.05, 0) is 6.54 Å². The Morgan fingerprint density at radius 2 is 1.73 bits per heavy atom. The van der Waals surface area contributed by atoms with Crippen molar-refractivity contribution in [3.63, 3.8) is 0 Å². The summed E-state index contributed by atoms with van der Waals surface area (Å²) >= 11 is 0. The third-order valence-electron chi connectivity index (χ3n) is 1.59. The van der Waals surface area contributed by atoms with Gasteiger partial charge in [0.2, 0.25) is 0 Å². The summed E-state index contributed by atoms with van der Waals surface area (Å²) in [6, 6.07) is -0.527. The first-order chi connectivity index (χ1) is 7.27. The van der Waals surface area contributed by atoms with Gasteiger partial charge in [0.25, 0.3) is 0 Å². The minimum absolute atomic E-state index is 0.437. The number of hydrogen-bond donors (Lipinski definition) is 3. The Morgan fingerprint density at radius 3 is 2.27 bits per heavy atom. The van der Waals surface area contributed by atoms with Crippen LogP contribution in [0.15, 0.2) is 0 Å². The largest absolute Gasteiger partial charge is 0.378 e. The first-order valence-corrected chi connectivity index (χ1v) is 5.17. The Kier molecular flexibility index (Phi) is 10.6. The number of amides is 2. The van der Waals surface area contributed by atoms with E-state index in [-0.39, 0.29) is 0 Å². The minimum atomic E-state index is -0.527. The van der Waals surface area contributed by atoms with Crippen LogP contribution in [0.2, 0.25) is 0 Å². The molecule has 0 aliphatic rings. The third-order valence-corrected chi connectivity index (χ3v) is 1.59. The maximum Gasteiger partial charge on any atom is 0.312 e. The summed E-state index contributed by atoms with van der Waals surface area (Å²) in [5.74, 6) is 0. The van der Waals surface area contributed by atoms with Gasteiger partial charge in [-0.25, -0.2) is 4.79 Å². The van der Waals surface area contributed by atoms with Gasteiger partial charge in [-0.2, -0.15) is 0 Å². The minimum Gasteiger partial charge on any atom is -0.378 e. The molecule has 6 nitrogen and oxygen atoms in total. The molecule has 0 unspecified atom stereocenters. The number of carbonyl (C=O) groups excluding carboxylic acids is 1. The van der Waals surface area contributed by atoms with E-state index in [1.165, 1.54) is 0 Å². The standard InChI is InChI=1S/C9H21N3O3/c1-2-11-3-5-14-7-8-15-6-4-12-9(10)13/h11H,2-8H2,1H3,(H3,10,12,13). The molecular formula is C9H21N3O3. The van der Waals surface area contributed by atoms with Gasteiger partial charge in [-0.15, -0.1) is 0 Å². The van der Waals surface area contributed by atoms with Crippen LogP contribution in [0.1, 0.15) is 6.92 Å². The average Bonchev–Trinajstić information content (AvgIpc) is 2.20. The quantitative estimate of drug-likeness (QED) is 0.424. The molecule has 0 saturated carbocycles. The zero-order valence-electron chi connectivity index (χ0n) is 9.25. The number of urea groups is 1. The highest BCUT2D eigenvalue weighted by Crippen LogP contribution is 1.77. The van der Waals surface area contributed by atoms with Gasteiger partial charge in [-0.1, -0.05) is 6.92 Å². The fraction of sp³-hybridized carbons (Fsp3) is 0.889. The molecule has 0 saturated heterocycles. The van der Waals surface area contributed by atoms with E-state index in [0.717, 1.165) is 13.1 Å². The number of nitrogens with one attached hydrogen (secondary N) is 2. The van der Waals surface area contributed by atoms with Gasteiger partial charge >= 0.3 is 6.03 Å². The number of primary amides is 1. The number of likely N-dealkylation sites (N-methyl/N-ethyl adjacent to an activating group) is 1. The van der Waals surface area contributed by atoms with Crippen LogP contribution in [0.25, 0.3) is 0 Å². The second kappa shape index (κ2) is 11.2. The highest BCUT2D eigenvalue weighted by Gasteiger charge is 1.92. The molecular weight excluding hydrogens is 198 g/mol. The molecule has 90 valence electrons. The molecule has 0 aromatic heterocycles. The second-order valence-corrected chi connectivity index (χ2v) is 2.87. The van der Waals surface area contributed by atoms with E-state index in [4.69, 9.17) is 15.2 Å². The Bertz CT molecular complexity index is 156. The number of hydrogen-bond acceptors (Lipinski definition) is 4. The number of carbonyl (C=O) groups is 1. The fourth-order valence-electron chi connectivity index (χ4n) is 0.889. The van der Waals surface area contributed by atoms with Crippen molar-refractivity contribution >= 4 is 6.03 Å². The summed E-state index contributed by atoms with van der Waals surface area (Å²) in [6.07, 6.45) is 0. The van der Waals surface area contributed by atoms with Crippen molar-refractivity contribution in [1.29, 1.82) is 0 Å². The Labute approximate surface area is 90.5 Å². The fourth-order valence-corrected chi connectivity index (χ4v) is 0.889. The van der Waals surface area contributed by atoms with E-state index in [1.807, 2.05) is 0 Å². The monoisotopic (exact) mass is 219 g/mol. The van der Waals surface area contributed by atoms with Crippen molar-refractivity contribution in [3.8, 4) is 0 Å². The molecule has 2 amide bonds.